The van der Waals surface area contributed by atoms with Crippen molar-refractivity contribution in [2.45, 2.75) is 33.3 Å². The van der Waals surface area contributed by atoms with Crippen molar-refractivity contribution >= 4 is 11.6 Å². The molecule has 3 rings (SSSR count). The van der Waals surface area contributed by atoms with Crippen molar-refractivity contribution in [1.29, 1.82) is 0 Å². The summed E-state index contributed by atoms with van der Waals surface area (Å²) in [5.41, 5.74) is 4.02. The number of aromatic nitrogens is 3. The Morgan fingerprint density at radius 1 is 1.17 bits per heavy atom. The highest BCUT2D eigenvalue weighted by molar-refractivity contribution is 6.30. The van der Waals surface area contributed by atoms with Crippen molar-refractivity contribution in [1.82, 2.24) is 15.0 Å². The van der Waals surface area contributed by atoms with Gasteiger partial charge in [0.1, 0.15) is 18.1 Å². The van der Waals surface area contributed by atoms with Crippen LogP contribution in [0.25, 0.3) is 5.69 Å². The zero-order chi connectivity index (χ0) is 17.1. The Labute approximate surface area is 147 Å². The Balaban J connectivity index is 1.76. The zero-order valence-corrected chi connectivity index (χ0v) is 14.8. The Morgan fingerprint density at radius 3 is 2.75 bits per heavy atom. The minimum Gasteiger partial charge on any atom is -0.487 e. The molecule has 0 aliphatic rings. The molecule has 5 heteroatoms. The average Bonchev–Trinajstić information content (AvgIpc) is 3.01. The first-order valence-corrected chi connectivity index (χ1v) is 8.31. The normalized spacial score (nSPS) is 11.0. The summed E-state index contributed by atoms with van der Waals surface area (Å²) in [5.74, 6) is 1.31. The van der Waals surface area contributed by atoms with Gasteiger partial charge in [0, 0.05) is 5.02 Å². The number of ether oxygens (including phenoxy) is 1. The van der Waals surface area contributed by atoms with Gasteiger partial charge in [0.05, 0.1) is 11.9 Å². The van der Waals surface area contributed by atoms with Gasteiger partial charge < -0.3 is 4.74 Å². The van der Waals surface area contributed by atoms with Gasteiger partial charge in [0.15, 0.2) is 0 Å². The van der Waals surface area contributed by atoms with Crippen LogP contribution in [0.1, 0.15) is 36.6 Å². The van der Waals surface area contributed by atoms with Crippen LogP contribution < -0.4 is 4.74 Å². The lowest BCUT2D eigenvalue weighted by Gasteiger charge is -2.14. The quantitative estimate of drug-likeness (QED) is 0.660. The second-order valence-corrected chi connectivity index (χ2v) is 6.56. The minimum atomic E-state index is 0.379. The zero-order valence-electron chi connectivity index (χ0n) is 14.0. The van der Waals surface area contributed by atoms with Gasteiger partial charge in [-0.1, -0.05) is 48.9 Å². The maximum absolute atomic E-state index is 6.02. The molecule has 24 heavy (non-hydrogen) atoms. The van der Waals surface area contributed by atoms with Gasteiger partial charge in [0.25, 0.3) is 0 Å². The molecule has 0 bridgehead atoms. The van der Waals surface area contributed by atoms with Crippen LogP contribution in [0, 0.1) is 6.92 Å². The summed E-state index contributed by atoms with van der Waals surface area (Å²) in [7, 11) is 0. The number of benzene rings is 2. The summed E-state index contributed by atoms with van der Waals surface area (Å²) < 4.78 is 7.69. The van der Waals surface area contributed by atoms with Crippen LogP contribution in [0.15, 0.2) is 48.7 Å². The molecule has 0 saturated heterocycles. The van der Waals surface area contributed by atoms with Crippen molar-refractivity contribution in [2.75, 3.05) is 0 Å². The standard InChI is InChI=1S/C19H20ClN3O/c1-13(2)18-8-7-14(3)9-19(18)24-12-16-11-23(22-21-16)17-6-4-5-15(20)10-17/h4-11,13H,12H2,1-3H3. The van der Waals surface area contributed by atoms with Crippen LogP contribution in [0.3, 0.4) is 0 Å². The number of hydrogen-bond donors (Lipinski definition) is 0. The number of aryl methyl sites for hydroxylation is 1. The molecule has 0 radical (unpaired) electrons. The molecule has 0 unspecified atom stereocenters. The first kappa shape index (κ1) is 16.5. The van der Waals surface area contributed by atoms with E-state index in [4.69, 9.17) is 16.3 Å². The minimum absolute atomic E-state index is 0.379. The van der Waals surface area contributed by atoms with E-state index in [-0.39, 0.29) is 0 Å². The fourth-order valence-electron chi connectivity index (χ4n) is 2.50. The van der Waals surface area contributed by atoms with Crippen LogP contribution in [0.5, 0.6) is 5.75 Å². The highest BCUT2D eigenvalue weighted by Gasteiger charge is 2.10. The van der Waals surface area contributed by atoms with Crippen LogP contribution in [0.4, 0.5) is 0 Å². The first-order valence-electron chi connectivity index (χ1n) is 7.93. The number of nitrogens with zero attached hydrogens (tertiary/aromatic N) is 3. The summed E-state index contributed by atoms with van der Waals surface area (Å²) in [6.45, 7) is 6.76. The largest absolute Gasteiger partial charge is 0.487 e. The summed E-state index contributed by atoms with van der Waals surface area (Å²) in [5, 5.41) is 8.99. The van der Waals surface area contributed by atoms with E-state index in [9.17, 15) is 0 Å². The summed E-state index contributed by atoms with van der Waals surface area (Å²) in [6, 6.07) is 13.8. The average molecular weight is 342 g/mol. The molecule has 124 valence electrons. The second kappa shape index (κ2) is 7.05. The fraction of sp³-hybridized carbons (Fsp3) is 0.263. The van der Waals surface area contributed by atoms with E-state index in [1.54, 1.807) is 4.68 Å². The SMILES string of the molecule is Cc1ccc(C(C)C)c(OCc2cn(-c3cccc(Cl)c3)nn2)c1. The van der Waals surface area contributed by atoms with Gasteiger partial charge in [0.2, 0.25) is 0 Å². The number of rotatable bonds is 5. The summed E-state index contributed by atoms with van der Waals surface area (Å²) in [6.07, 6.45) is 1.86. The van der Waals surface area contributed by atoms with Gasteiger partial charge in [-0.15, -0.1) is 5.10 Å². The molecule has 0 amide bonds. The predicted molar refractivity (Wildman–Crippen MR) is 96.0 cm³/mol. The topological polar surface area (TPSA) is 39.9 Å². The lowest BCUT2D eigenvalue weighted by molar-refractivity contribution is 0.296. The molecule has 2 aromatic carbocycles. The van der Waals surface area contributed by atoms with E-state index in [1.807, 2.05) is 30.5 Å². The third kappa shape index (κ3) is 3.77. The number of halogens is 1. The van der Waals surface area contributed by atoms with Gasteiger partial charge in [-0.25, -0.2) is 4.68 Å². The van der Waals surface area contributed by atoms with Crippen molar-refractivity contribution in [2.24, 2.45) is 0 Å². The molecule has 0 aliphatic carbocycles. The molecule has 0 atom stereocenters. The molecule has 1 heterocycles. The Bertz CT molecular complexity index is 842. The Morgan fingerprint density at radius 2 is 2.00 bits per heavy atom. The van der Waals surface area contributed by atoms with E-state index >= 15 is 0 Å². The molecule has 0 spiro atoms. The van der Waals surface area contributed by atoms with Gasteiger partial charge in [-0.05, 0) is 48.2 Å². The molecule has 1 aromatic heterocycles. The molecular formula is C19H20ClN3O. The summed E-state index contributed by atoms with van der Waals surface area (Å²) in [4.78, 5) is 0. The van der Waals surface area contributed by atoms with Gasteiger partial charge >= 0.3 is 0 Å². The number of hydrogen-bond acceptors (Lipinski definition) is 3. The van der Waals surface area contributed by atoms with Crippen LogP contribution in [0.2, 0.25) is 5.02 Å². The maximum Gasteiger partial charge on any atom is 0.134 e. The van der Waals surface area contributed by atoms with E-state index in [1.165, 1.54) is 11.1 Å². The van der Waals surface area contributed by atoms with E-state index in [0.29, 0.717) is 17.5 Å². The third-order valence-corrected chi connectivity index (χ3v) is 4.02. The molecule has 0 saturated carbocycles. The maximum atomic E-state index is 6.02. The highest BCUT2D eigenvalue weighted by atomic mass is 35.5. The third-order valence-electron chi connectivity index (χ3n) is 3.78. The first-order chi connectivity index (χ1) is 11.5. The van der Waals surface area contributed by atoms with Crippen molar-refractivity contribution < 1.29 is 4.74 Å². The molecule has 0 N–H and O–H groups in total. The fourth-order valence-corrected chi connectivity index (χ4v) is 2.69. The lowest BCUT2D eigenvalue weighted by Crippen LogP contribution is -2.00. The van der Waals surface area contributed by atoms with Crippen molar-refractivity contribution in [3.8, 4) is 11.4 Å². The van der Waals surface area contributed by atoms with Crippen molar-refractivity contribution in [3.05, 3.63) is 70.5 Å². The van der Waals surface area contributed by atoms with Gasteiger partial charge in [-0.3, -0.25) is 0 Å². The van der Waals surface area contributed by atoms with E-state index in [0.717, 1.165) is 17.1 Å². The smallest absolute Gasteiger partial charge is 0.134 e. The molecule has 4 nitrogen and oxygen atoms in total. The Kier molecular flexibility index (Phi) is 4.86. The molecule has 3 aromatic rings. The monoisotopic (exact) mass is 341 g/mol. The molecule has 0 aliphatic heterocycles. The highest BCUT2D eigenvalue weighted by Crippen LogP contribution is 2.28. The molecular weight excluding hydrogens is 322 g/mol. The van der Waals surface area contributed by atoms with Crippen molar-refractivity contribution in [3.63, 3.8) is 0 Å². The summed E-state index contributed by atoms with van der Waals surface area (Å²) >= 11 is 6.02. The predicted octanol–water partition coefficient (Wildman–Crippen LogP) is 4.93. The van der Waals surface area contributed by atoms with E-state index in [2.05, 4.69) is 49.3 Å². The second-order valence-electron chi connectivity index (χ2n) is 6.12. The molecule has 0 fully saturated rings. The van der Waals surface area contributed by atoms with Crippen LogP contribution >= 0.6 is 11.6 Å². The van der Waals surface area contributed by atoms with E-state index < -0.39 is 0 Å². The lowest BCUT2D eigenvalue weighted by atomic mass is 10.0. The van der Waals surface area contributed by atoms with Gasteiger partial charge in [-0.2, -0.15) is 0 Å². The van der Waals surface area contributed by atoms with Crippen LogP contribution in [-0.4, -0.2) is 15.0 Å². The van der Waals surface area contributed by atoms with Crippen LogP contribution in [-0.2, 0) is 6.61 Å². The Hall–Kier alpha value is -2.33.